The van der Waals surface area contributed by atoms with E-state index in [9.17, 15) is 59.4 Å². The van der Waals surface area contributed by atoms with Gasteiger partial charge in [-0.25, -0.2) is 28.8 Å². The molecule has 0 N–H and O–H groups in total. The van der Waals surface area contributed by atoms with E-state index in [4.69, 9.17) is 37.9 Å². The maximum absolute atomic E-state index is 10.8. The van der Waals surface area contributed by atoms with E-state index in [1.165, 1.54) is 67.2 Å². The van der Waals surface area contributed by atoms with Crippen LogP contribution in [-0.2, 0) is 101 Å². The summed E-state index contributed by atoms with van der Waals surface area (Å²) >= 11 is 0. The average molecular weight is 1250 g/mol. The number of carbonyl (C=O) groups is 6. The van der Waals surface area contributed by atoms with Gasteiger partial charge < -0.3 is 68.5 Å². The van der Waals surface area contributed by atoms with E-state index in [-0.39, 0.29) is 128 Å². The summed E-state index contributed by atoms with van der Waals surface area (Å²) in [5.74, 6) is -5.23. The Morgan fingerprint density at radius 3 is 0.438 bits per heavy atom. The van der Waals surface area contributed by atoms with Crippen molar-refractivity contribution in [3.05, 3.63) is 71.0 Å². The van der Waals surface area contributed by atoms with Gasteiger partial charge >= 0.3 is 129 Å². The molecule has 80 heavy (non-hydrogen) atoms. The number of allylic oxidation sites excluding steroid dienone is 6. The zero-order valence-electron chi connectivity index (χ0n) is 53.0. The van der Waals surface area contributed by atoms with Gasteiger partial charge in [-0.05, 0) is 150 Å². The van der Waals surface area contributed by atoms with Crippen LogP contribution in [0.15, 0.2) is 71.0 Å². The Bertz CT molecular complexity index is 1520. The molecule has 0 bridgehead atoms. The Labute approximate surface area is 544 Å². The maximum atomic E-state index is 10.8. The molecule has 0 saturated carbocycles. The van der Waals surface area contributed by atoms with Crippen LogP contribution in [0.3, 0.4) is 0 Å². The van der Waals surface area contributed by atoms with Crippen LogP contribution in [0, 0.1) is 0 Å². The summed E-state index contributed by atoms with van der Waals surface area (Å²) in [6, 6.07) is 0. The van der Waals surface area contributed by atoms with Crippen molar-refractivity contribution in [2.24, 2.45) is 0 Å². The van der Waals surface area contributed by atoms with E-state index in [0.29, 0.717) is 0 Å². The quantitative estimate of drug-likeness (QED) is 0.103. The summed E-state index contributed by atoms with van der Waals surface area (Å²) in [4.78, 5) is 64.6. The molecule has 2 aliphatic rings. The molecule has 0 aliphatic carbocycles. The first-order valence-corrected chi connectivity index (χ1v) is 24.5. The summed E-state index contributed by atoms with van der Waals surface area (Å²) in [7, 11) is 0. The molecule has 0 aromatic heterocycles. The molecule has 2 fully saturated rings. The van der Waals surface area contributed by atoms with Crippen LogP contribution in [0.1, 0.15) is 192 Å². The molecule has 2 saturated heterocycles. The van der Waals surface area contributed by atoms with Gasteiger partial charge in [0, 0.05) is 62.9 Å². The smallest absolute Gasteiger partial charge is 0.875 e. The fraction of sp³-hybridized carbons (Fsp3) is 0.679. The first kappa shape index (κ1) is 99.1. The van der Waals surface area contributed by atoms with Crippen LogP contribution >= 0.6 is 0 Å². The minimum absolute atomic E-state index is 0. The summed E-state index contributed by atoms with van der Waals surface area (Å²) in [5.41, 5.74) is -3.15. The van der Waals surface area contributed by atoms with Crippen molar-refractivity contribution >= 4 is 35.8 Å². The van der Waals surface area contributed by atoms with Crippen LogP contribution in [0.5, 0.6) is 0 Å². The SMILES string of the molecule is C/C([O-])=C/C(=O)OC(C)(C)C.C/C([O-])=C/C(=O)OC(C)(C)C.C/C([O-])=C/C(=O)OC(C)(C)C.C/C([O-])=C/C(=O)OC(C)(C)C.C/C([O-])=C/C(=O)OC(C)(C)C.C/C([O-])=C/C(=O)OC(C)(C)C.C1CCOC1.C1CCOC1.[Fe+2].[Fe+2].[Na+].[Na+]. The van der Waals surface area contributed by atoms with Gasteiger partial charge in [0.15, 0.2) is 0 Å². The van der Waals surface area contributed by atoms with Crippen LogP contribution in [0.4, 0.5) is 0 Å². The number of esters is 6. The molecular formula is C56H94Fe2Na2O20. The Balaban J connectivity index is -0.0000000878. The molecule has 0 spiro atoms. The first-order chi connectivity index (χ1) is 33.9. The van der Waals surface area contributed by atoms with E-state index in [0.717, 1.165) is 62.9 Å². The molecule has 0 atom stereocenters. The van der Waals surface area contributed by atoms with Gasteiger partial charge in [0.2, 0.25) is 0 Å². The van der Waals surface area contributed by atoms with Crippen LogP contribution in [0.2, 0.25) is 0 Å². The van der Waals surface area contributed by atoms with Crippen LogP contribution < -0.4 is 89.8 Å². The summed E-state index contributed by atoms with van der Waals surface area (Å²) in [5, 5.41) is 62.3. The largest absolute Gasteiger partial charge is 2.00 e. The van der Waals surface area contributed by atoms with Gasteiger partial charge in [-0.2, -0.15) is 0 Å². The molecule has 20 nitrogen and oxygen atoms in total. The van der Waals surface area contributed by atoms with Gasteiger partial charge in [0.1, 0.15) is 33.6 Å². The minimum atomic E-state index is -0.579. The van der Waals surface area contributed by atoms with Gasteiger partial charge in [-0.1, -0.05) is 41.5 Å². The second kappa shape index (κ2) is 51.6. The summed E-state index contributed by atoms with van der Waals surface area (Å²) in [6.45, 7) is 43.3. The van der Waals surface area contributed by atoms with Crippen LogP contribution in [-0.4, -0.2) is 95.8 Å². The van der Waals surface area contributed by atoms with Crippen molar-refractivity contribution in [2.75, 3.05) is 26.4 Å². The Hall–Kier alpha value is -2.98. The maximum Gasteiger partial charge on any atom is 2.00 e. The zero-order valence-corrected chi connectivity index (χ0v) is 59.2. The predicted molar refractivity (Wildman–Crippen MR) is 278 cm³/mol. The molecule has 2 aliphatic heterocycles. The van der Waals surface area contributed by atoms with Crippen molar-refractivity contribution < 1.29 is 191 Å². The zero-order chi connectivity index (χ0) is 61.5. The molecular weight excluding hydrogens is 1150 g/mol. The fourth-order valence-corrected chi connectivity index (χ4v) is 4.00. The third kappa shape index (κ3) is 110. The average Bonchev–Trinajstić information content (AvgIpc) is 3.87. The standard InChI is InChI=1S/6C8H14O3.2C4H8O.2Fe.2Na/c6*1-6(9)5-7(10)11-8(2,3)4;2*1-2-4-5-3-1;;;;/h6*5,9H,1-4H3;2*1-4H2;;;;/q;;;;;;;;2*+2;2*+1/p-6/b6*6-5-;;;;;;. The monoisotopic (exact) mass is 1240 g/mol. The first-order valence-electron chi connectivity index (χ1n) is 24.5. The number of hydrogen-bond acceptors (Lipinski definition) is 20. The molecule has 2 heterocycles. The van der Waals surface area contributed by atoms with E-state index in [2.05, 4.69) is 0 Å². The van der Waals surface area contributed by atoms with Gasteiger partial charge in [-0.3, -0.25) is 0 Å². The van der Waals surface area contributed by atoms with E-state index < -0.39 is 69.4 Å². The second-order valence-electron chi connectivity index (χ2n) is 22.4. The Morgan fingerprint density at radius 2 is 0.388 bits per heavy atom. The van der Waals surface area contributed by atoms with E-state index in [1.807, 2.05) is 0 Å². The van der Waals surface area contributed by atoms with Gasteiger partial charge in [-0.15, -0.1) is 34.6 Å². The molecule has 0 radical (unpaired) electrons. The van der Waals surface area contributed by atoms with Crippen molar-refractivity contribution in [1.29, 1.82) is 0 Å². The van der Waals surface area contributed by atoms with Crippen molar-refractivity contribution in [2.45, 2.75) is 225 Å². The molecule has 0 amide bonds. The number of carbonyl (C=O) groups excluding carboxylic acids is 6. The number of rotatable bonds is 6. The predicted octanol–water partition coefficient (Wildman–Crippen LogP) is -0.850. The fourth-order valence-electron chi connectivity index (χ4n) is 4.00. The van der Waals surface area contributed by atoms with Gasteiger partial charge in [0.25, 0.3) is 0 Å². The second-order valence-corrected chi connectivity index (χ2v) is 22.4. The third-order valence-electron chi connectivity index (χ3n) is 6.02. The minimum Gasteiger partial charge on any atom is -0.875 e. The third-order valence-corrected chi connectivity index (χ3v) is 6.02. The number of hydrogen-bond donors (Lipinski definition) is 0. The normalized spacial score (nSPS) is 13.7. The van der Waals surface area contributed by atoms with Gasteiger partial charge in [0.05, 0.1) is 0 Å². The number of ether oxygens (including phenoxy) is 8. The molecule has 456 valence electrons. The molecule has 2 rings (SSSR count). The van der Waals surface area contributed by atoms with Crippen molar-refractivity contribution in [3.63, 3.8) is 0 Å². The Kier molecular flexibility index (Phi) is 64.0. The van der Waals surface area contributed by atoms with E-state index >= 15 is 0 Å². The molecule has 24 heteroatoms. The van der Waals surface area contributed by atoms with Crippen molar-refractivity contribution in [1.82, 2.24) is 0 Å². The molecule has 0 aromatic carbocycles. The Morgan fingerprint density at radius 1 is 0.287 bits per heavy atom. The van der Waals surface area contributed by atoms with Crippen LogP contribution in [0.25, 0.3) is 0 Å². The van der Waals surface area contributed by atoms with Crippen molar-refractivity contribution in [3.8, 4) is 0 Å². The molecule has 0 aromatic rings. The summed E-state index contributed by atoms with van der Waals surface area (Å²) < 4.78 is 38.9. The van der Waals surface area contributed by atoms with E-state index in [1.54, 1.807) is 125 Å². The summed E-state index contributed by atoms with van der Waals surface area (Å²) in [6.07, 6.45) is 10.7. The topological polar surface area (TPSA) is 315 Å². The molecule has 0 unspecified atom stereocenters.